The summed E-state index contributed by atoms with van der Waals surface area (Å²) in [6.07, 6.45) is 4.08. The third-order valence-electron chi connectivity index (χ3n) is 13.2. The summed E-state index contributed by atoms with van der Waals surface area (Å²) in [6, 6.07) is 26.4. The Hall–Kier alpha value is -4.18. The molecule has 2 amide bonds. The van der Waals surface area contributed by atoms with Gasteiger partial charge in [-0.25, -0.2) is 8.42 Å². The molecule has 0 saturated carbocycles. The number of hydrogen-bond acceptors (Lipinski definition) is 11. The van der Waals surface area contributed by atoms with Crippen LogP contribution in [-0.4, -0.2) is 110 Å². The number of methoxy groups -OCH3 is 2. The van der Waals surface area contributed by atoms with Gasteiger partial charge in [0.05, 0.1) is 65.8 Å². The van der Waals surface area contributed by atoms with Gasteiger partial charge in [-0.3, -0.25) is 9.59 Å². The molecule has 2 spiro atoms. The van der Waals surface area contributed by atoms with E-state index in [1.165, 1.54) is 10.5 Å². The van der Waals surface area contributed by atoms with Crippen molar-refractivity contribution in [2.75, 3.05) is 45.7 Å². The highest BCUT2D eigenvalue weighted by atomic mass is 35.5. The van der Waals surface area contributed by atoms with E-state index in [0.717, 1.165) is 37.9 Å². The number of likely N-dealkylation sites (tertiary alicyclic amines) is 2. The van der Waals surface area contributed by atoms with Crippen molar-refractivity contribution in [1.29, 1.82) is 0 Å². The summed E-state index contributed by atoms with van der Waals surface area (Å²) in [4.78, 5) is 32.0. The summed E-state index contributed by atoms with van der Waals surface area (Å²) in [5.41, 5.74) is 3.17. The predicted octanol–water partition coefficient (Wildman–Crippen LogP) is 12.3. The van der Waals surface area contributed by atoms with Gasteiger partial charge in [0.25, 0.3) is 11.8 Å². The van der Waals surface area contributed by atoms with E-state index in [4.69, 9.17) is 51.6 Å². The minimum atomic E-state index is -3.57. The Morgan fingerprint density at radius 1 is 0.606 bits per heavy atom. The summed E-state index contributed by atoms with van der Waals surface area (Å²) >= 11 is 11.5. The molecule has 0 radical (unpaired) electrons. The fraction of sp³-hybridized carbons (Fsp3) is 0.527. The number of thioether (sulfide) groups is 1. The van der Waals surface area contributed by atoms with Gasteiger partial charge in [-0.1, -0.05) is 36.4 Å². The van der Waals surface area contributed by atoms with Crippen LogP contribution in [0.2, 0.25) is 0 Å². The highest BCUT2D eigenvalue weighted by Crippen LogP contribution is 2.54. The largest absolute Gasteiger partial charge is 0.493 e. The number of amides is 2. The number of hydrogen-bond donors (Lipinski definition) is 0. The van der Waals surface area contributed by atoms with E-state index in [2.05, 4.69) is 38.1 Å². The maximum Gasteiger partial charge on any atom is 0.253 e. The van der Waals surface area contributed by atoms with E-state index < -0.39 is 14.6 Å². The molecule has 2 saturated heterocycles. The van der Waals surface area contributed by atoms with Gasteiger partial charge in [0, 0.05) is 46.9 Å². The van der Waals surface area contributed by atoms with Crippen molar-refractivity contribution in [2.24, 2.45) is 0 Å². The highest BCUT2D eigenvalue weighted by Gasteiger charge is 2.53. The lowest BCUT2D eigenvalue weighted by Crippen LogP contribution is -2.53. The molecule has 0 aromatic heterocycles. The fourth-order valence-corrected chi connectivity index (χ4v) is 13.8. The number of ether oxygens (including phenoxy) is 6. The maximum atomic E-state index is 13.8. The quantitative estimate of drug-likeness (QED) is 0.126. The Morgan fingerprint density at radius 2 is 1.04 bits per heavy atom. The van der Waals surface area contributed by atoms with Crippen molar-refractivity contribution in [3.05, 3.63) is 107 Å². The minimum absolute atomic E-state index is 0.0187. The van der Waals surface area contributed by atoms with Crippen LogP contribution in [-0.2, 0) is 19.3 Å². The van der Waals surface area contributed by atoms with E-state index in [-0.39, 0.29) is 58.5 Å². The lowest BCUT2D eigenvalue weighted by atomic mass is 9.86. The normalized spacial score (nSPS) is 19.5. The third kappa shape index (κ3) is 13.3. The summed E-state index contributed by atoms with van der Waals surface area (Å²) in [7, 11) is -0.419. The van der Waals surface area contributed by atoms with Crippen molar-refractivity contribution < 1.29 is 46.4 Å². The number of piperidine rings is 2. The number of alkyl halides is 2. The molecule has 4 heterocycles. The maximum absolute atomic E-state index is 13.8. The van der Waals surface area contributed by atoms with Crippen LogP contribution in [0.5, 0.6) is 23.0 Å². The summed E-state index contributed by atoms with van der Waals surface area (Å²) < 4.78 is 61.7. The molecule has 4 aromatic carbocycles. The number of sulfone groups is 1. The molecule has 0 bridgehead atoms. The van der Waals surface area contributed by atoms with Crippen molar-refractivity contribution in [2.45, 2.75) is 150 Å². The molecule has 71 heavy (non-hydrogen) atoms. The van der Waals surface area contributed by atoms with Crippen LogP contribution in [0.3, 0.4) is 0 Å². The van der Waals surface area contributed by atoms with Crippen LogP contribution < -0.4 is 18.9 Å². The molecule has 4 aromatic rings. The van der Waals surface area contributed by atoms with Crippen LogP contribution in [0.1, 0.15) is 138 Å². The molecule has 16 heteroatoms. The van der Waals surface area contributed by atoms with Crippen LogP contribution in [0.4, 0.5) is 0 Å². The Bertz CT molecular complexity index is 2540. The van der Waals surface area contributed by atoms with Crippen LogP contribution in [0.25, 0.3) is 0 Å². The van der Waals surface area contributed by atoms with Crippen LogP contribution in [0.15, 0.2) is 94.7 Å². The average molecular weight is 1060 g/mol. The lowest BCUT2D eigenvalue weighted by molar-refractivity contribution is -0.0131. The Balaban J connectivity index is 0.000000221. The van der Waals surface area contributed by atoms with E-state index in [1.54, 1.807) is 55.5 Å². The molecule has 8 rings (SSSR count). The van der Waals surface area contributed by atoms with E-state index >= 15 is 0 Å². The van der Waals surface area contributed by atoms with Crippen molar-refractivity contribution in [1.82, 2.24) is 9.80 Å². The molecule has 388 valence electrons. The fourth-order valence-electron chi connectivity index (χ4n) is 9.93. The monoisotopic (exact) mass is 1050 g/mol. The molecule has 0 aliphatic carbocycles. The SMILES string of the molecule is COc1cc(C(=O)N2CCC3(CC2)CC(OC(C)C)c2ccccc2S3(=O)=O)ccc1OC(C)C.COc1cc(C(=O)N2CCC3(CC2)CC(OC(C)C)c2ccccc2S3)ccc1OC(C)C.ClCCl. The second-order valence-corrected chi connectivity index (χ2v) is 24.2. The van der Waals surface area contributed by atoms with Gasteiger partial charge in [-0.15, -0.1) is 35.0 Å². The molecular formula is C55H72Cl2N2O10S2. The summed E-state index contributed by atoms with van der Waals surface area (Å²) in [6.45, 7) is 18.1. The van der Waals surface area contributed by atoms with Gasteiger partial charge >= 0.3 is 0 Å². The Kier molecular flexibility index (Phi) is 19.5. The zero-order valence-electron chi connectivity index (χ0n) is 42.9. The highest BCUT2D eigenvalue weighted by molar-refractivity contribution is 8.00. The van der Waals surface area contributed by atoms with Crippen LogP contribution in [0, 0.1) is 0 Å². The molecule has 4 aliphatic rings. The zero-order valence-corrected chi connectivity index (χ0v) is 46.0. The van der Waals surface area contributed by atoms with Gasteiger partial charge in [0.1, 0.15) is 0 Å². The van der Waals surface area contributed by atoms with Gasteiger partial charge in [-0.05, 0) is 154 Å². The first-order valence-corrected chi connectivity index (χ1v) is 28.0. The van der Waals surface area contributed by atoms with Crippen molar-refractivity contribution in [3.8, 4) is 23.0 Å². The number of halogens is 2. The summed E-state index contributed by atoms with van der Waals surface area (Å²) in [5, 5.41) is 0.194. The predicted molar refractivity (Wildman–Crippen MR) is 283 cm³/mol. The number of fused-ring (bicyclic) bond motifs is 2. The molecule has 2 unspecified atom stereocenters. The molecule has 0 N–H and O–H groups in total. The number of benzene rings is 4. The van der Waals surface area contributed by atoms with E-state index in [0.29, 0.717) is 71.4 Å². The molecule has 12 nitrogen and oxygen atoms in total. The standard InChI is InChI=1S/C27H35NO6S.C27H35NO4S.CH2Cl2/c1-18(2)33-22-11-10-20(16-23(22)32-5)26(29)28-14-12-27(13-15-28)17-24(34-19(3)4)21-8-6-7-9-25(21)35(27,30)31;1-18(2)31-22-11-10-20(16-23(22)30-5)26(29)28-14-12-27(13-15-28)17-24(32-19(3)4)21-8-6-7-9-25(21)33-27;2-1-3/h6-11,16,18-19,24H,12-15,17H2,1-5H3;6-11,16,18-19,24H,12-15,17H2,1-5H3;1H2. The molecule has 2 atom stereocenters. The first kappa shape index (κ1) is 56.1. The Morgan fingerprint density at radius 3 is 1.51 bits per heavy atom. The van der Waals surface area contributed by atoms with Gasteiger partial charge < -0.3 is 38.2 Å². The number of nitrogens with zero attached hydrogens (tertiary/aromatic N) is 2. The van der Waals surface area contributed by atoms with E-state index in [1.807, 2.05) is 82.5 Å². The van der Waals surface area contributed by atoms with Gasteiger partial charge in [0.2, 0.25) is 0 Å². The lowest BCUT2D eigenvalue weighted by Gasteiger charge is -2.46. The van der Waals surface area contributed by atoms with E-state index in [9.17, 15) is 18.0 Å². The zero-order chi connectivity index (χ0) is 51.7. The van der Waals surface area contributed by atoms with Crippen LogP contribution >= 0.6 is 35.0 Å². The number of rotatable bonds is 12. The summed E-state index contributed by atoms with van der Waals surface area (Å²) in [5.74, 6) is 2.25. The Labute approximate surface area is 436 Å². The smallest absolute Gasteiger partial charge is 0.253 e. The number of carbonyl (C=O) groups excluding carboxylic acids is 2. The van der Waals surface area contributed by atoms with Gasteiger partial charge in [0.15, 0.2) is 32.8 Å². The first-order chi connectivity index (χ1) is 33.8. The number of carbonyl (C=O) groups is 2. The second-order valence-electron chi connectivity index (χ2n) is 19.6. The minimum Gasteiger partial charge on any atom is -0.493 e. The van der Waals surface area contributed by atoms with Gasteiger partial charge in [-0.2, -0.15) is 0 Å². The average Bonchev–Trinajstić information content (AvgIpc) is 3.33. The first-order valence-electron chi connectivity index (χ1n) is 24.6. The molecule has 2 fully saturated rings. The molecular weight excluding hydrogens is 984 g/mol. The third-order valence-corrected chi connectivity index (χ3v) is 17.4. The molecule has 4 aliphatic heterocycles. The second kappa shape index (κ2) is 24.7. The van der Waals surface area contributed by atoms with Crippen molar-refractivity contribution in [3.63, 3.8) is 0 Å². The van der Waals surface area contributed by atoms with Crippen molar-refractivity contribution >= 4 is 56.6 Å². The topological polar surface area (TPSA) is 130 Å².